The Balaban J connectivity index is 1.83. The average Bonchev–Trinajstić information content (AvgIpc) is 2.89. The first-order valence-electron chi connectivity index (χ1n) is 7.15. The normalized spacial score (nSPS) is 19.2. The molecule has 1 aromatic rings. The maximum Gasteiger partial charge on any atom is 0.131 e. The molecule has 0 bridgehead atoms. The molecule has 2 rings (SSSR count). The van der Waals surface area contributed by atoms with E-state index in [1.807, 2.05) is 6.92 Å². The minimum atomic E-state index is -1.17. The molecule has 3 nitrogen and oxygen atoms in total. The van der Waals surface area contributed by atoms with Gasteiger partial charge in [0, 0.05) is 19.1 Å². The molecule has 20 heavy (non-hydrogen) atoms. The molecule has 1 heterocycles. The highest BCUT2D eigenvalue weighted by atomic mass is 19.1. The second-order valence-corrected chi connectivity index (χ2v) is 5.47. The third-order valence-corrected chi connectivity index (χ3v) is 3.72. The molecular weight excluding hydrogens is 262 g/mol. The Hall–Kier alpha value is -1.04. The first-order valence-corrected chi connectivity index (χ1v) is 7.15. The van der Waals surface area contributed by atoms with Crippen LogP contribution in [-0.4, -0.2) is 42.2 Å². The van der Waals surface area contributed by atoms with Gasteiger partial charge < -0.3 is 15.3 Å². The van der Waals surface area contributed by atoms with Crippen LogP contribution in [0.3, 0.4) is 0 Å². The van der Waals surface area contributed by atoms with Crippen molar-refractivity contribution in [3.63, 3.8) is 0 Å². The van der Waals surface area contributed by atoms with Crippen LogP contribution >= 0.6 is 0 Å². The number of likely N-dealkylation sites (tertiary alicyclic amines) is 1. The molecule has 1 fully saturated rings. The lowest BCUT2D eigenvalue weighted by Gasteiger charge is -2.23. The van der Waals surface area contributed by atoms with Crippen LogP contribution in [0.1, 0.15) is 31.4 Å². The summed E-state index contributed by atoms with van der Waals surface area (Å²) in [5, 5.41) is 13.1. The van der Waals surface area contributed by atoms with Crippen molar-refractivity contribution in [2.45, 2.75) is 31.9 Å². The number of aliphatic hydroxyl groups excluding tert-OH is 1. The highest BCUT2D eigenvalue weighted by Crippen LogP contribution is 2.20. The second-order valence-electron chi connectivity index (χ2n) is 5.47. The standard InChI is InChI=1S/C15H22F2N2O/c1-11(10-19-7-2-3-8-19)18-9-14(20)15-12(16)5-4-6-13(15)17/h4-6,11,14,18,20H,2-3,7-10H2,1H3. The van der Waals surface area contributed by atoms with E-state index in [0.717, 1.165) is 31.8 Å². The summed E-state index contributed by atoms with van der Waals surface area (Å²) in [6.07, 6.45) is 1.29. The van der Waals surface area contributed by atoms with E-state index in [1.165, 1.54) is 18.9 Å². The fraction of sp³-hybridized carbons (Fsp3) is 0.600. The Kier molecular flexibility index (Phi) is 5.46. The molecule has 0 aromatic heterocycles. The van der Waals surface area contributed by atoms with Crippen molar-refractivity contribution in [3.05, 3.63) is 35.4 Å². The summed E-state index contributed by atoms with van der Waals surface area (Å²) >= 11 is 0. The van der Waals surface area contributed by atoms with E-state index in [4.69, 9.17) is 0 Å². The van der Waals surface area contributed by atoms with Gasteiger partial charge in [-0.05, 0) is 45.0 Å². The van der Waals surface area contributed by atoms with E-state index < -0.39 is 17.7 Å². The number of hydrogen-bond donors (Lipinski definition) is 2. The van der Waals surface area contributed by atoms with Crippen LogP contribution in [0.5, 0.6) is 0 Å². The van der Waals surface area contributed by atoms with Gasteiger partial charge in [0.15, 0.2) is 0 Å². The SMILES string of the molecule is CC(CN1CCCC1)NCC(O)c1c(F)cccc1F. The fourth-order valence-electron chi connectivity index (χ4n) is 2.66. The Morgan fingerprint density at radius 2 is 1.85 bits per heavy atom. The largest absolute Gasteiger partial charge is 0.387 e. The molecule has 1 aromatic carbocycles. The smallest absolute Gasteiger partial charge is 0.131 e. The van der Waals surface area contributed by atoms with Gasteiger partial charge >= 0.3 is 0 Å². The van der Waals surface area contributed by atoms with E-state index in [9.17, 15) is 13.9 Å². The number of rotatable bonds is 6. The average molecular weight is 284 g/mol. The highest BCUT2D eigenvalue weighted by Gasteiger charge is 2.19. The zero-order valence-corrected chi connectivity index (χ0v) is 11.8. The van der Waals surface area contributed by atoms with Crippen LogP contribution < -0.4 is 5.32 Å². The number of halogens is 2. The van der Waals surface area contributed by atoms with E-state index in [-0.39, 0.29) is 18.2 Å². The first kappa shape index (κ1) is 15.4. The summed E-state index contributed by atoms with van der Waals surface area (Å²) in [6, 6.07) is 3.80. The van der Waals surface area contributed by atoms with Gasteiger partial charge in [-0.2, -0.15) is 0 Å². The van der Waals surface area contributed by atoms with Crippen LogP contribution in [0.2, 0.25) is 0 Å². The zero-order valence-electron chi connectivity index (χ0n) is 11.8. The van der Waals surface area contributed by atoms with Crippen molar-refractivity contribution in [2.75, 3.05) is 26.2 Å². The zero-order chi connectivity index (χ0) is 14.5. The highest BCUT2D eigenvalue weighted by molar-refractivity contribution is 5.22. The van der Waals surface area contributed by atoms with Crippen LogP contribution in [0.25, 0.3) is 0 Å². The Morgan fingerprint density at radius 3 is 2.45 bits per heavy atom. The van der Waals surface area contributed by atoms with Gasteiger partial charge in [0.1, 0.15) is 11.6 Å². The number of hydrogen-bond acceptors (Lipinski definition) is 3. The topological polar surface area (TPSA) is 35.5 Å². The third kappa shape index (κ3) is 3.98. The molecule has 2 unspecified atom stereocenters. The van der Waals surface area contributed by atoms with Gasteiger partial charge in [0.05, 0.1) is 11.7 Å². The van der Waals surface area contributed by atoms with E-state index in [1.54, 1.807) is 0 Å². The molecule has 1 aliphatic rings. The third-order valence-electron chi connectivity index (χ3n) is 3.72. The lowest BCUT2D eigenvalue weighted by molar-refractivity contribution is 0.157. The lowest BCUT2D eigenvalue weighted by Crippen LogP contribution is -2.39. The first-order chi connectivity index (χ1) is 9.58. The summed E-state index contributed by atoms with van der Waals surface area (Å²) in [6.45, 7) is 5.27. The summed E-state index contributed by atoms with van der Waals surface area (Å²) in [5.74, 6) is -1.40. The minimum absolute atomic E-state index is 0.146. The second kappa shape index (κ2) is 7.11. The van der Waals surface area contributed by atoms with Gasteiger partial charge in [-0.15, -0.1) is 0 Å². The van der Waals surface area contributed by atoms with Gasteiger partial charge in [-0.3, -0.25) is 0 Å². The minimum Gasteiger partial charge on any atom is -0.387 e. The van der Waals surface area contributed by atoms with Crippen LogP contribution in [-0.2, 0) is 0 Å². The molecule has 0 amide bonds. The maximum atomic E-state index is 13.5. The number of nitrogens with zero attached hydrogens (tertiary/aromatic N) is 1. The molecular formula is C15H22F2N2O. The Labute approximate surface area is 118 Å². The van der Waals surface area contributed by atoms with Crippen molar-refractivity contribution < 1.29 is 13.9 Å². The van der Waals surface area contributed by atoms with Crippen molar-refractivity contribution >= 4 is 0 Å². The monoisotopic (exact) mass is 284 g/mol. The molecule has 2 N–H and O–H groups in total. The van der Waals surface area contributed by atoms with E-state index in [2.05, 4.69) is 10.2 Å². The van der Waals surface area contributed by atoms with Crippen LogP contribution in [0.15, 0.2) is 18.2 Å². The van der Waals surface area contributed by atoms with Gasteiger partial charge in [0.2, 0.25) is 0 Å². The number of nitrogens with one attached hydrogen (secondary N) is 1. The van der Waals surface area contributed by atoms with E-state index >= 15 is 0 Å². The summed E-state index contributed by atoms with van der Waals surface area (Å²) in [4.78, 5) is 2.35. The van der Waals surface area contributed by atoms with Crippen LogP contribution in [0.4, 0.5) is 8.78 Å². The molecule has 1 aliphatic heterocycles. The molecule has 0 saturated carbocycles. The quantitative estimate of drug-likeness (QED) is 0.839. The molecule has 112 valence electrons. The molecule has 0 radical (unpaired) electrons. The predicted molar refractivity (Wildman–Crippen MR) is 74.5 cm³/mol. The van der Waals surface area contributed by atoms with Crippen LogP contribution in [0, 0.1) is 11.6 Å². The van der Waals surface area contributed by atoms with Crippen molar-refractivity contribution in [1.82, 2.24) is 10.2 Å². The summed E-state index contributed by atoms with van der Waals surface area (Å²) < 4.78 is 27.0. The van der Waals surface area contributed by atoms with E-state index in [0.29, 0.717) is 0 Å². The van der Waals surface area contributed by atoms with Crippen molar-refractivity contribution in [2.24, 2.45) is 0 Å². The number of aliphatic hydroxyl groups is 1. The Morgan fingerprint density at radius 1 is 1.25 bits per heavy atom. The summed E-state index contributed by atoms with van der Waals surface area (Å²) in [5.41, 5.74) is -0.256. The van der Waals surface area contributed by atoms with Gasteiger partial charge in [-0.25, -0.2) is 8.78 Å². The molecule has 2 atom stereocenters. The molecule has 0 aliphatic carbocycles. The lowest BCUT2D eigenvalue weighted by atomic mass is 10.1. The predicted octanol–water partition coefficient (Wildman–Crippen LogP) is 2.07. The Bertz CT molecular complexity index is 416. The van der Waals surface area contributed by atoms with Crippen molar-refractivity contribution in [1.29, 1.82) is 0 Å². The van der Waals surface area contributed by atoms with Gasteiger partial charge in [0.25, 0.3) is 0 Å². The number of benzene rings is 1. The molecule has 5 heteroatoms. The summed E-state index contributed by atoms with van der Waals surface area (Å²) in [7, 11) is 0. The maximum absolute atomic E-state index is 13.5. The van der Waals surface area contributed by atoms with Gasteiger partial charge in [-0.1, -0.05) is 6.07 Å². The molecule has 0 spiro atoms. The van der Waals surface area contributed by atoms with Crippen molar-refractivity contribution in [3.8, 4) is 0 Å². The molecule has 1 saturated heterocycles. The fourth-order valence-corrected chi connectivity index (χ4v) is 2.66.